The number of fused-ring (bicyclic) bond motifs is 7. The summed E-state index contributed by atoms with van der Waals surface area (Å²) in [5.74, 6) is 4.06. The van der Waals surface area contributed by atoms with Crippen LogP contribution in [0.15, 0.2) is 0 Å². The average Bonchev–Trinajstić information content (AvgIpc) is 2.83. The zero-order valence-electron chi connectivity index (χ0n) is 12.6. The van der Waals surface area contributed by atoms with Crippen LogP contribution in [0.25, 0.3) is 0 Å². The Morgan fingerprint density at radius 2 is 1.85 bits per heavy atom. The van der Waals surface area contributed by atoms with Crippen molar-refractivity contribution in [1.29, 1.82) is 0 Å². The van der Waals surface area contributed by atoms with Gasteiger partial charge in [-0.3, -0.25) is 10.2 Å². The minimum atomic E-state index is 0.733. The maximum Gasteiger partial charge on any atom is 0.0602 e. The smallest absolute Gasteiger partial charge is 0.0602 e. The highest BCUT2D eigenvalue weighted by Crippen LogP contribution is 2.49. The van der Waals surface area contributed by atoms with E-state index in [2.05, 4.69) is 15.5 Å². The van der Waals surface area contributed by atoms with Crippen molar-refractivity contribution in [3.8, 4) is 0 Å². The fourth-order valence-electron chi connectivity index (χ4n) is 6.47. The summed E-state index contributed by atoms with van der Waals surface area (Å²) >= 11 is 0. The molecule has 2 bridgehead atoms. The molecule has 0 amide bonds. The average molecular weight is 275 g/mol. The van der Waals surface area contributed by atoms with Crippen molar-refractivity contribution in [1.82, 2.24) is 15.5 Å². The molecule has 2 aliphatic carbocycles. The summed E-state index contributed by atoms with van der Waals surface area (Å²) in [6.07, 6.45) is 11.0. The van der Waals surface area contributed by atoms with Crippen LogP contribution in [0.4, 0.5) is 0 Å². The zero-order valence-corrected chi connectivity index (χ0v) is 12.6. The molecule has 5 aliphatic rings. The second kappa shape index (κ2) is 4.69. The van der Waals surface area contributed by atoms with Crippen LogP contribution in [0.2, 0.25) is 0 Å². The third-order valence-electron chi connectivity index (χ3n) is 7.23. The minimum absolute atomic E-state index is 0.733. The summed E-state index contributed by atoms with van der Waals surface area (Å²) in [5.41, 5.74) is 0. The van der Waals surface area contributed by atoms with Gasteiger partial charge >= 0.3 is 0 Å². The van der Waals surface area contributed by atoms with Gasteiger partial charge in [0.25, 0.3) is 0 Å². The van der Waals surface area contributed by atoms with Crippen LogP contribution in [0.1, 0.15) is 44.9 Å². The van der Waals surface area contributed by atoms with Crippen molar-refractivity contribution < 1.29 is 0 Å². The van der Waals surface area contributed by atoms with Crippen LogP contribution in [-0.2, 0) is 0 Å². The van der Waals surface area contributed by atoms with E-state index in [4.69, 9.17) is 0 Å². The maximum atomic E-state index is 4.00. The van der Waals surface area contributed by atoms with Gasteiger partial charge in [0.15, 0.2) is 0 Å². The number of nitrogens with zero attached hydrogens (tertiary/aromatic N) is 1. The highest BCUT2D eigenvalue weighted by atomic mass is 15.4. The molecule has 3 saturated heterocycles. The van der Waals surface area contributed by atoms with Gasteiger partial charge in [0.1, 0.15) is 0 Å². The quantitative estimate of drug-likeness (QED) is 0.706. The van der Waals surface area contributed by atoms with E-state index in [0.29, 0.717) is 0 Å². The number of nitrogens with one attached hydrogen (secondary N) is 2. The van der Waals surface area contributed by atoms with Gasteiger partial charge in [-0.15, -0.1) is 0 Å². The molecule has 0 spiro atoms. The van der Waals surface area contributed by atoms with Crippen LogP contribution >= 0.6 is 0 Å². The zero-order chi connectivity index (χ0) is 13.1. The molecule has 7 unspecified atom stereocenters. The SMILES string of the molecule is C1CCN2C(C1)NC1CC3CC4CNCC(C4)C3CC12. The summed E-state index contributed by atoms with van der Waals surface area (Å²) < 4.78 is 0. The summed E-state index contributed by atoms with van der Waals surface area (Å²) in [7, 11) is 0. The minimum Gasteiger partial charge on any atom is -0.316 e. The molecule has 5 rings (SSSR count). The van der Waals surface area contributed by atoms with Crippen LogP contribution in [0.3, 0.4) is 0 Å². The van der Waals surface area contributed by atoms with Crippen molar-refractivity contribution in [2.24, 2.45) is 23.7 Å². The first-order chi connectivity index (χ1) is 9.88. The summed E-state index contributed by atoms with van der Waals surface area (Å²) in [6.45, 7) is 3.98. The molecule has 3 heterocycles. The molecule has 7 atom stereocenters. The van der Waals surface area contributed by atoms with Gasteiger partial charge in [0.2, 0.25) is 0 Å². The van der Waals surface area contributed by atoms with E-state index in [1.165, 1.54) is 64.6 Å². The van der Waals surface area contributed by atoms with Gasteiger partial charge in [-0.05, 0) is 88.3 Å². The van der Waals surface area contributed by atoms with E-state index in [0.717, 1.165) is 41.9 Å². The Labute approximate surface area is 122 Å². The second-order valence-corrected chi connectivity index (χ2v) is 8.24. The standard InChI is InChI=1S/C17H29N3/c1-2-4-20-16-8-14-12(7-15(16)19-17(20)3-1)5-11-6-13(14)10-18-9-11/h11-19H,1-10H2. The van der Waals surface area contributed by atoms with Gasteiger partial charge < -0.3 is 5.32 Å². The topological polar surface area (TPSA) is 27.3 Å². The largest absolute Gasteiger partial charge is 0.316 e. The highest BCUT2D eigenvalue weighted by Gasteiger charge is 2.51. The van der Waals surface area contributed by atoms with Crippen molar-refractivity contribution >= 4 is 0 Å². The van der Waals surface area contributed by atoms with E-state index >= 15 is 0 Å². The van der Waals surface area contributed by atoms with Gasteiger partial charge in [0, 0.05) is 12.1 Å². The van der Waals surface area contributed by atoms with Gasteiger partial charge in [-0.25, -0.2) is 0 Å². The summed E-state index contributed by atoms with van der Waals surface area (Å²) in [4.78, 5) is 2.85. The van der Waals surface area contributed by atoms with E-state index in [-0.39, 0.29) is 0 Å². The lowest BCUT2D eigenvalue weighted by atomic mass is 9.59. The van der Waals surface area contributed by atoms with Crippen molar-refractivity contribution in [3.05, 3.63) is 0 Å². The predicted molar refractivity (Wildman–Crippen MR) is 80.4 cm³/mol. The number of hydrogen-bond donors (Lipinski definition) is 2. The van der Waals surface area contributed by atoms with Gasteiger partial charge in [0.05, 0.1) is 6.17 Å². The molecule has 112 valence electrons. The first-order valence-electron chi connectivity index (χ1n) is 9.11. The van der Waals surface area contributed by atoms with Crippen LogP contribution < -0.4 is 10.6 Å². The Balaban J connectivity index is 1.38. The molecule has 0 aromatic rings. The Kier molecular flexibility index (Phi) is 2.91. The Hall–Kier alpha value is -0.120. The predicted octanol–water partition coefficient (Wildman–Crippen LogP) is 1.79. The van der Waals surface area contributed by atoms with E-state index in [1.54, 1.807) is 0 Å². The third kappa shape index (κ3) is 1.82. The molecule has 2 N–H and O–H groups in total. The van der Waals surface area contributed by atoms with Crippen LogP contribution in [0, 0.1) is 23.7 Å². The number of rotatable bonds is 0. The maximum absolute atomic E-state index is 4.00. The fourth-order valence-corrected chi connectivity index (χ4v) is 6.47. The highest BCUT2D eigenvalue weighted by molar-refractivity contribution is 5.06. The lowest BCUT2D eigenvalue weighted by Gasteiger charge is -2.51. The molecular weight excluding hydrogens is 246 g/mol. The van der Waals surface area contributed by atoms with Crippen molar-refractivity contribution in [3.63, 3.8) is 0 Å². The molecule has 20 heavy (non-hydrogen) atoms. The molecule has 3 nitrogen and oxygen atoms in total. The molecule has 3 heteroatoms. The Morgan fingerprint density at radius 3 is 2.85 bits per heavy atom. The first-order valence-corrected chi connectivity index (χ1v) is 9.11. The van der Waals surface area contributed by atoms with Crippen molar-refractivity contribution in [2.75, 3.05) is 19.6 Å². The molecule has 0 aromatic heterocycles. The Bertz CT molecular complexity index is 384. The van der Waals surface area contributed by atoms with E-state index in [9.17, 15) is 0 Å². The van der Waals surface area contributed by atoms with Gasteiger partial charge in [-0.2, -0.15) is 0 Å². The third-order valence-corrected chi connectivity index (χ3v) is 7.23. The molecule has 0 radical (unpaired) electrons. The summed E-state index contributed by atoms with van der Waals surface area (Å²) in [5, 5.41) is 7.71. The van der Waals surface area contributed by atoms with E-state index in [1.807, 2.05) is 0 Å². The lowest BCUT2D eigenvalue weighted by molar-refractivity contribution is 0.00775. The van der Waals surface area contributed by atoms with Crippen molar-refractivity contribution in [2.45, 2.75) is 63.2 Å². The molecule has 0 aromatic carbocycles. The molecule has 3 aliphatic heterocycles. The first kappa shape index (κ1) is 12.4. The molecule has 5 fully saturated rings. The lowest BCUT2D eigenvalue weighted by Crippen LogP contribution is -2.54. The van der Waals surface area contributed by atoms with Crippen LogP contribution in [0.5, 0.6) is 0 Å². The number of piperidine rings is 2. The Morgan fingerprint density at radius 1 is 0.900 bits per heavy atom. The molecule has 2 saturated carbocycles. The molecular formula is C17H29N3. The van der Waals surface area contributed by atoms with Gasteiger partial charge in [-0.1, -0.05) is 0 Å². The normalized spacial score (nSPS) is 54.9. The number of hydrogen-bond acceptors (Lipinski definition) is 3. The monoisotopic (exact) mass is 275 g/mol. The summed E-state index contributed by atoms with van der Waals surface area (Å²) in [6, 6.07) is 1.70. The van der Waals surface area contributed by atoms with Crippen LogP contribution in [-0.4, -0.2) is 42.8 Å². The van der Waals surface area contributed by atoms with E-state index < -0.39 is 0 Å². The second-order valence-electron chi connectivity index (χ2n) is 8.24. The fraction of sp³-hybridized carbons (Fsp3) is 1.00.